The van der Waals surface area contributed by atoms with Crippen molar-refractivity contribution in [3.8, 4) is 0 Å². The van der Waals surface area contributed by atoms with E-state index < -0.39 is 21.5 Å². The van der Waals surface area contributed by atoms with Crippen LogP contribution in [-0.4, -0.2) is 35.2 Å². The van der Waals surface area contributed by atoms with E-state index in [0.29, 0.717) is 19.3 Å². The summed E-state index contributed by atoms with van der Waals surface area (Å²) in [5.74, 6) is -1.14. The Hall–Kier alpha value is -1.41. The summed E-state index contributed by atoms with van der Waals surface area (Å²) in [5.41, 5.74) is -1.34. The van der Waals surface area contributed by atoms with E-state index in [1.807, 2.05) is 0 Å². The number of aromatic amines is 1. The van der Waals surface area contributed by atoms with Gasteiger partial charge in [0.05, 0.1) is 6.20 Å². The Labute approximate surface area is 91.9 Å². The van der Waals surface area contributed by atoms with Gasteiger partial charge in [0.15, 0.2) is 5.03 Å². The van der Waals surface area contributed by atoms with Crippen LogP contribution in [0.1, 0.15) is 19.3 Å². The normalized spacial score (nSPS) is 19.0. The minimum absolute atomic E-state index is 0.125. The lowest BCUT2D eigenvalue weighted by Crippen LogP contribution is -2.58. The summed E-state index contributed by atoms with van der Waals surface area (Å²) in [4.78, 5) is 11.0. The molecule has 3 N–H and O–H groups in total. The van der Waals surface area contributed by atoms with E-state index in [1.165, 1.54) is 12.3 Å². The van der Waals surface area contributed by atoms with Crippen LogP contribution in [0.3, 0.4) is 0 Å². The number of carboxylic acids is 1. The summed E-state index contributed by atoms with van der Waals surface area (Å²) in [6.07, 6.45) is 2.63. The summed E-state index contributed by atoms with van der Waals surface area (Å²) in [6.45, 7) is 0. The van der Waals surface area contributed by atoms with E-state index in [2.05, 4.69) is 14.9 Å². The second kappa shape index (κ2) is 3.56. The predicted molar refractivity (Wildman–Crippen MR) is 53.1 cm³/mol. The van der Waals surface area contributed by atoms with Crippen molar-refractivity contribution >= 4 is 16.0 Å². The van der Waals surface area contributed by atoms with Gasteiger partial charge in [-0.1, -0.05) is 0 Å². The fourth-order valence-corrected chi connectivity index (χ4v) is 2.92. The second-order valence-corrected chi connectivity index (χ2v) is 5.42. The third kappa shape index (κ3) is 1.69. The average Bonchev–Trinajstić information content (AvgIpc) is 2.63. The Morgan fingerprint density at radius 1 is 1.56 bits per heavy atom. The zero-order valence-electron chi connectivity index (χ0n) is 8.30. The molecule has 0 saturated heterocycles. The molecule has 0 unspecified atom stereocenters. The monoisotopic (exact) mass is 245 g/mol. The molecule has 0 aromatic carbocycles. The number of nitrogens with one attached hydrogen (secondary N) is 2. The van der Waals surface area contributed by atoms with Gasteiger partial charge in [-0.05, 0) is 25.3 Å². The SMILES string of the molecule is O=C(O)C1(NS(=O)(=O)c2ccn[nH]2)CCC1. The number of aliphatic carboxylic acids is 1. The predicted octanol–water partition coefficient (Wildman–Crippen LogP) is -0.305. The standard InChI is InChI=1S/C8H11N3O4S/c12-7(13)8(3-1-4-8)11-16(14,15)6-2-5-9-10-6/h2,5,11H,1,3-4H2,(H,9,10)(H,12,13). The van der Waals surface area contributed by atoms with Crippen LogP contribution in [-0.2, 0) is 14.8 Å². The van der Waals surface area contributed by atoms with Crippen LogP contribution in [0.2, 0.25) is 0 Å². The summed E-state index contributed by atoms with van der Waals surface area (Å²) in [5, 5.41) is 14.7. The first-order chi connectivity index (χ1) is 7.46. The molecule has 0 atom stereocenters. The van der Waals surface area contributed by atoms with Crippen LogP contribution in [0.25, 0.3) is 0 Å². The number of H-pyrrole nitrogens is 1. The van der Waals surface area contributed by atoms with Crippen LogP contribution in [0.4, 0.5) is 0 Å². The van der Waals surface area contributed by atoms with Crippen LogP contribution < -0.4 is 4.72 Å². The Balaban J connectivity index is 2.25. The van der Waals surface area contributed by atoms with E-state index in [-0.39, 0.29) is 5.03 Å². The highest BCUT2D eigenvalue weighted by Crippen LogP contribution is 2.33. The third-order valence-electron chi connectivity index (χ3n) is 2.71. The Morgan fingerprint density at radius 3 is 2.62 bits per heavy atom. The zero-order chi connectivity index (χ0) is 11.8. The minimum Gasteiger partial charge on any atom is -0.480 e. The highest BCUT2D eigenvalue weighted by Gasteiger charge is 2.47. The van der Waals surface area contributed by atoms with Crippen LogP contribution in [0.5, 0.6) is 0 Å². The number of rotatable bonds is 4. The average molecular weight is 245 g/mol. The molecule has 1 aliphatic carbocycles. The lowest BCUT2D eigenvalue weighted by molar-refractivity contribution is -0.147. The highest BCUT2D eigenvalue weighted by molar-refractivity contribution is 7.89. The summed E-state index contributed by atoms with van der Waals surface area (Å²) >= 11 is 0. The molecule has 1 aliphatic rings. The number of carboxylic acid groups (broad SMARTS) is 1. The van der Waals surface area contributed by atoms with Crippen molar-refractivity contribution in [2.24, 2.45) is 0 Å². The topological polar surface area (TPSA) is 112 Å². The highest BCUT2D eigenvalue weighted by atomic mass is 32.2. The molecule has 1 aromatic rings. The maximum Gasteiger partial charge on any atom is 0.324 e. The van der Waals surface area contributed by atoms with Gasteiger partial charge in [0, 0.05) is 0 Å². The quantitative estimate of drug-likeness (QED) is 0.674. The Bertz CT molecular complexity index is 489. The fraction of sp³-hybridized carbons (Fsp3) is 0.500. The molecule has 2 rings (SSSR count). The molecule has 1 saturated carbocycles. The first kappa shape index (κ1) is 11.1. The van der Waals surface area contributed by atoms with Crippen molar-refractivity contribution in [2.45, 2.75) is 29.8 Å². The van der Waals surface area contributed by atoms with Crippen molar-refractivity contribution in [1.29, 1.82) is 0 Å². The van der Waals surface area contributed by atoms with E-state index >= 15 is 0 Å². The van der Waals surface area contributed by atoms with Crippen LogP contribution in [0, 0.1) is 0 Å². The van der Waals surface area contributed by atoms with Crippen molar-refractivity contribution in [1.82, 2.24) is 14.9 Å². The van der Waals surface area contributed by atoms with Crippen molar-refractivity contribution in [3.05, 3.63) is 12.3 Å². The third-order valence-corrected chi connectivity index (χ3v) is 4.18. The molecule has 0 spiro atoms. The van der Waals surface area contributed by atoms with Gasteiger partial charge in [0.2, 0.25) is 0 Å². The Morgan fingerprint density at radius 2 is 2.25 bits per heavy atom. The molecule has 16 heavy (non-hydrogen) atoms. The maximum absolute atomic E-state index is 11.8. The number of hydrogen-bond donors (Lipinski definition) is 3. The van der Waals surface area contributed by atoms with Crippen LogP contribution in [0.15, 0.2) is 17.3 Å². The van der Waals surface area contributed by atoms with Gasteiger partial charge in [0.25, 0.3) is 10.0 Å². The van der Waals surface area contributed by atoms with Gasteiger partial charge >= 0.3 is 5.97 Å². The maximum atomic E-state index is 11.8. The number of sulfonamides is 1. The largest absolute Gasteiger partial charge is 0.480 e. The molecular weight excluding hydrogens is 234 g/mol. The van der Waals surface area contributed by atoms with Gasteiger partial charge in [0.1, 0.15) is 5.54 Å². The molecule has 88 valence electrons. The van der Waals surface area contributed by atoms with E-state index in [9.17, 15) is 13.2 Å². The lowest BCUT2D eigenvalue weighted by atomic mass is 9.78. The van der Waals surface area contributed by atoms with Gasteiger partial charge in [-0.2, -0.15) is 9.82 Å². The molecule has 0 bridgehead atoms. The van der Waals surface area contributed by atoms with Gasteiger partial charge < -0.3 is 5.11 Å². The number of hydrogen-bond acceptors (Lipinski definition) is 4. The molecule has 0 radical (unpaired) electrons. The summed E-state index contributed by atoms with van der Waals surface area (Å²) < 4.78 is 25.7. The molecule has 7 nitrogen and oxygen atoms in total. The molecule has 1 heterocycles. The lowest BCUT2D eigenvalue weighted by Gasteiger charge is -2.37. The molecule has 0 amide bonds. The Kier molecular flexibility index (Phi) is 2.47. The van der Waals surface area contributed by atoms with Gasteiger partial charge in [-0.25, -0.2) is 8.42 Å². The zero-order valence-corrected chi connectivity index (χ0v) is 9.12. The molecule has 0 aliphatic heterocycles. The first-order valence-electron chi connectivity index (χ1n) is 4.73. The molecule has 8 heteroatoms. The van der Waals surface area contributed by atoms with Crippen molar-refractivity contribution in [3.63, 3.8) is 0 Å². The molecular formula is C8H11N3O4S. The van der Waals surface area contributed by atoms with E-state index in [0.717, 1.165) is 0 Å². The minimum atomic E-state index is -3.83. The van der Waals surface area contributed by atoms with Crippen LogP contribution >= 0.6 is 0 Å². The number of carbonyl (C=O) groups is 1. The number of nitrogens with zero attached hydrogens (tertiary/aromatic N) is 1. The van der Waals surface area contributed by atoms with E-state index in [1.54, 1.807) is 0 Å². The summed E-state index contributed by atoms with van der Waals surface area (Å²) in [7, 11) is -3.83. The fourth-order valence-electron chi connectivity index (χ4n) is 1.59. The first-order valence-corrected chi connectivity index (χ1v) is 6.21. The molecule has 1 aromatic heterocycles. The van der Waals surface area contributed by atoms with Gasteiger partial charge in [-0.15, -0.1) is 0 Å². The van der Waals surface area contributed by atoms with Crippen molar-refractivity contribution < 1.29 is 18.3 Å². The second-order valence-electron chi connectivity index (χ2n) is 3.77. The van der Waals surface area contributed by atoms with E-state index in [4.69, 9.17) is 5.11 Å². The van der Waals surface area contributed by atoms with Crippen molar-refractivity contribution in [2.75, 3.05) is 0 Å². The smallest absolute Gasteiger partial charge is 0.324 e. The van der Waals surface area contributed by atoms with Gasteiger partial charge in [-0.3, -0.25) is 9.89 Å². The number of aromatic nitrogens is 2. The molecule has 1 fully saturated rings. The summed E-state index contributed by atoms with van der Waals surface area (Å²) in [6, 6.07) is 1.27.